The lowest BCUT2D eigenvalue weighted by atomic mass is 10.0. The molecule has 1 rings (SSSR count). The molecule has 1 nitrogen and oxygen atoms in total. The standard InChI is InChI=1S/C15H18O/c1-4-6-7-13(5-2)15(16)14-10-8-12(3)9-11-14/h4-11,15-16H,2H2,1,3H3/b6-4-,13-7+. The SMILES string of the molecule is C=C/C(=C\C=C/C)C(O)c1ccc(C)cc1. The Hall–Kier alpha value is -1.60. The lowest BCUT2D eigenvalue weighted by Gasteiger charge is -2.12. The van der Waals surface area contributed by atoms with Crippen LogP contribution in [-0.2, 0) is 0 Å². The molecule has 0 saturated heterocycles. The van der Waals surface area contributed by atoms with Crippen LogP contribution in [0.4, 0.5) is 0 Å². The zero-order chi connectivity index (χ0) is 12.0. The highest BCUT2D eigenvalue weighted by molar-refractivity contribution is 5.34. The highest BCUT2D eigenvalue weighted by Gasteiger charge is 2.09. The van der Waals surface area contributed by atoms with E-state index in [-0.39, 0.29) is 0 Å². The number of aryl methyl sites for hydroxylation is 1. The molecule has 1 aromatic rings. The molecule has 84 valence electrons. The van der Waals surface area contributed by atoms with Crippen molar-refractivity contribution in [2.75, 3.05) is 0 Å². The second kappa shape index (κ2) is 6.09. The van der Waals surface area contributed by atoms with E-state index in [1.165, 1.54) is 5.56 Å². The molecule has 0 aliphatic heterocycles. The number of allylic oxidation sites excluding steroid dienone is 3. The van der Waals surface area contributed by atoms with Gasteiger partial charge in [-0.05, 0) is 25.0 Å². The van der Waals surface area contributed by atoms with Gasteiger partial charge in [0, 0.05) is 0 Å². The summed E-state index contributed by atoms with van der Waals surface area (Å²) in [6, 6.07) is 7.86. The van der Waals surface area contributed by atoms with Crippen molar-refractivity contribution in [3.63, 3.8) is 0 Å². The molecular formula is C15H18O. The highest BCUT2D eigenvalue weighted by atomic mass is 16.3. The molecule has 0 aromatic heterocycles. The number of aliphatic hydroxyl groups excluding tert-OH is 1. The Bertz CT molecular complexity index is 396. The highest BCUT2D eigenvalue weighted by Crippen LogP contribution is 2.22. The average Bonchev–Trinajstić information content (AvgIpc) is 2.30. The van der Waals surface area contributed by atoms with Gasteiger partial charge in [-0.1, -0.05) is 60.7 Å². The molecule has 0 aliphatic carbocycles. The van der Waals surface area contributed by atoms with E-state index in [2.05, 4.69) is 6.58 Å². The van der Waals surface area contributed by atoms with Crippen molar-refractivity contribution in [2.45, 2.75) is 20.0 Å². The second-order valence-corrected chi connectivity index (χ2v) is 3.71. The van der Waals surface area contributed by atoms with Crippen molar-refractivity contribution in [3.8, 4) is 0 Å². The van der Waals surface area contributed by atoms with Crippen molar-refractivity contribution in [3.05, 3.63) is 71.8 Å². The summed E-state index contributed by atoms with van der Waals surface area (Å²) in [5.74, 6) is 0. The topological polar surface area (TPSA) is 20.2 Å². The van der Waals surface area contributed by atoms with Crippen LogP contribution < -0.4 is 0 Å². The molecule has 0 saturated carbocycles. The van der Waals surface area contributed by atoms with Gasteiger partial charge < -0.3 is 5.11 Å². The molecule has 0 fully saturated rings. The molecule has 0 radical (unpaired) electrons. The number of benzene rings is 1. The van der Waals surface area contributed by atoms with Gasteiger partial charge in [0.15, 0.2) is 0 Å². The Morgan fingerprint density at radius 3 is 2.44 bits per heavy atom. The smallest absolute Gasteiger partial charge is 0.104 e. The Balaban J connectivity index is 2.95. The van der Waals surface area contributed by atoms with Gasteiger partial charge in [0.05, 0.1) is 0 Å². The fourth-order valence-electron chi connectivity index (χ4n) is 1.42. The summed E-state index contributed by atoms with van der Waals surface area (Å²) in [6.45, 7) is 7.68. The molecule has 0 spiro atoms. The molecule has 0 heterocycles. The first-order valence-corrected chi connectivity index (χ1v) is 5.39. The van der Waals surface area contributed by atoms with Crippen LogP contribution >= 0.6 is 0 Å². The first kappa shape index (κ1) is 12.5. The van der Waals surface area contributed by atoms with Crippen molar-refractivity contribution in [2.24, 2.45) is 0 Å². The Morgan fingerprint density at radius 1 is 1.31 bits per heavy atom. The van der Waals surface area contributed by atoms with Crippen LogP contribution in [0.3, 0.4) is 0 Å². The van der Waals surface area contributed by atoms with E-state index in [0.29, 0.717) is 0 Å². The third kappa shape index (κ3) is 3.21. The lowest BCUT2D eigenvalue weighted by Crippen LogP contribution is -1.99. The van der Waals surface area contributed by atoms with Gasteiger partial charge in [-0.25, -0.2) is 0 Å². The molecule has 1 aromatic carbocycles. The van der Waals surface area contributed by atoms with Gasteiger partial charge in [-0.3, -0.25) is 0 Å². The van der Waals surface area contributed by atoms with Crippen molar-refractivity contribution in [1.82, 2.24) is 0 Å². The molecule has 16 heavy (non-hydrogen) atoms. The Kier molecular flexibility index (Phi) is 4.74. The predicted molar refractivity (Wildman–Crippen MR) is 69.2 cm³/mol. The zero-order valence-electron chi connectivity index (χ0n) is 9.85. The second-order valence-electron chi connectivity index (χ2n) is 3.71. The molecular weight excluding hydrogens is 196 g/mol. The molecule has 1 N–H and O–H groups in total. The summed E-state index contributed by atoms with van der Waals surface area (Å²) in [6.07, 6.45) is 6.77. The summed E-state index contributed by atoms with van der Waals surface area (Å²) >= 11 is 0. The summed E-state index contributed by atoms with van der Waals surface area (Å²) in [7, 11) is 0. The predicted octanol–water partition coefficient (Wildman–Crippen LogP) is 3.72. The van der Waals surface area contributed by atoms with E-state index in [0.717, 1.165) is 11.1 Å². The minimum atomic E-state index is -0.603. The molecule has 1 heteroatoms. The van der Waals surface area contributed by atoms with Gasteiger partial charge in [0.1, 0.15) is 6.10 Å². The van der Waals surface area contributed by atoms with Crippen LogP contribution in [0.15, 0.2) is 60.7 Å². The van der Waals surface area contributed by atoms with Crippen LogP contribution in [-0.4, -0.2) is 5.11 Å². The summed E-state index contributed by atoms with van der Waals surface area (Å²) in [4.78, 5) is 0. The van der Waals surface area contributed by atoms with Crippen LogP contribution in [0.5, 0.6) is 0 Å². The van der Waals surface area contributed by atoms with Gasteiger partial charge in [0.2, 0.25) is 0 Å². The fraction of sp³-hybridized carbons (Fsp3) is 0.200. The van der Waals surface area contributed by atoms with Crippen molar-refractivity contribution < 1.29 is 5.11 Å². The van der Waals surface area contributed by atoms with Gasteiger partial charge in [-0.15, -0.1) is 0 Å². The minimum Gasteiger partial charge on any atom is -0.384 e. The van der Waals surface area contributed by atoms with E-state index in [1.807, 2.05) is 56.3 Å². The summed E-state index contributed by atoms with van der Waals surface area (Å²) < 4.78 is 0. The molecule has 1 atom stereocenters. The first-order chi connectivity index (χ1) is 7.69. The maximum absolute atomic E-state index is 10.1. The fourth-order valence-corrected chi connectivity index (χ4v) is 1.42. The number of aliphatic hydroxyl groups is 1. The monoisotopic (exact) mass is 214 g/mol. The van der Waals surface area contributed by atoms with E-state index >= 15 is 0 Å². The number of hydrogen-bond acceptors (Lipinski definition) is 1. The molecule has 0 aliphatic rings. The minimum absolute atomic E-state index is 0.603. The summed E-state index contributed by atoms with van der Waals surface area (Å²) in [5, 5.41) is 10.1. The third-order valence-corrected chi connectivity index (χ3v) is 2.43. The van der Waals surface area contributed by atoms with Gasteiger partial charge in [-0.2, -0.15) is 0 Å². The quantitative estimate of drug-likeness (QED) is 0.757. The van der Waals surface area contributed by atoms with Crippen LogP contribution in [0.1, 0.15) is 24.2 Å². The molecule has 1 unspecified atom stereocenters. The van der Waals surface area contributed by atoms with Crippen LogP contribution in [0, 0.1) is 6.92 Å². The third-order valence-electron chi connectivity index (χ3n) is 2.43. The molecule has 0 amide bonds. The van der Waals surface area contributed by atoms with Crippen LogP contribution in [0.2, 0.25) is 0 Å². The zero-order valence-corrected chi connectivity index (χ0v) is 9.85. The average molecular weight is 214 g/mol. The van der Waals surface area contributed by atoms with Gasteiger partial charge in [0.25, 0.3) is 0 Å². The number of hydrogen-bond donors (Lipinski definition) is 1. The Labute approximate surface area is 97.4 Å². The summed E-state index contributed by atoms with van der Waals surface area (Å²) in [5.41, 5.74) is 2.89. The lowest BCUT2D eigenvalue weighted by molar-refractivity contribution is 0.219. The molecule has 0 bridgehead atoms. The van der Waals surface area contributed by atoms with E-state index in [9.17, 15) is 5.11 Å². The normalized spacial score (nSPS) is 14.1. The maximum Gasteiger partial charge on any atom is 0.104 e. The van der Waals surface area contributed by atoms with Gasteiger partial charge >= 0.3 is 0 Å². The maximum atomic E-state index is 10.1. The van der Waals surface area contributed by atoms with E-state index in [4.69, 9.17) is 0 Å². The van der Waals surface area contributed by atoms with Crippen LogP contribution in [0.25, 0.3) is 0 Å². The van der Waals surface area contributed by atoms with E-state index in [1.54, 1.807) is 6.08 Å². The van der Waals surface area contributed by atoms with Crippen molar-refractivity contribution >= 4 is 0 Å². The Morgan fingerprint density at radius 2 is 1.94 bits per heavy atom. The number of rotatable bonds is 4. The largest absolute Gasteiger partial charge is 0.384 e. The first-order valence-electron chi connectivity index (χ1n) is 5.39. The van der Waals surface area contributed by atoms with Crippen molar-refractivity contribution in [1.29, 1.82) is 0 Å². The van der Waals surface area contributed by atoms with E-state index < -0.39 is 6.10 Å².